The van der Waals surface area contributed by atoms with Gasteiger partial charge in [-0.1, -0.05) is 5.16 Å². The Morgan fingerprint density at radius 1 is 1.59 bits per heavy atom. The summed E-state index contributed by atoms with van der Waals surface area (Å²) in [5.41, 5.74) is 0. The number of likely N-dealkylation sites (tertiary alicyclic amines) is 1. The Labute approximate surface area is 101 Å². The monoisotopic (exact) mass is 237 g/mol. The predicted molar refractivity (Wildman–Crippen MR) is 62.8 cm³/mol. The molecule has 0 aliphatic carbocycles. The number of hydrogen-bond donors (Lipinski definition) is 0. The highest BCUT2D eigenvalue weighted by Gasteiger charge is 2.28. The van der Waals surface area contributed by atoms with Crippen LogP contribution in [0.5, 0.6) is 0 Å². The van der Waals surface area contributed by atoms with Crippen LogP contribution in [0.4, 0.5) is 0 Å². The molecule has 0 radical (unpaired) electrons. The lowest BCUT2D eigenvalue weighted by Crippen LogP contribution is -2.28. The quantitative estimate of drug-likeness (QED) is 0.792. The van der Waals surface area contributed by atoms with Crippen molar-refractivity contribution in [3.63, 3.8) is 0 Å². The van der Waals surface area contributed by atoms with Gasteiger partial charge in [-0.3, -0.25) is 4.79 Å². The third-order valence-corrected chi connectivity index (χ3v) is 3.20. The Balaban J connectivity index is 1.99. The van der Waals surface area contributed by atoms with E-state index >= 15 is 0 Å². The van der Waals surface area contributed by atoms with Crippen molar-refractivity contribution in [1.82, 2.24) is 15.0 Å². The van der Waals surface area contributed by atoms with E-state index in [2.05, 4.69) is 28.9 Å². The second-order valence-electron chi connectivity index (χ2n) is 5.00. The molecule has 0 N–H and O–H groups in total. The Morgan fingerprint density at radius 3 is 2.94 bits per heavy atom. The first kappa shape index (κ1) is 12.2. The summed E-state index contributed by atoms with van der Waals surface area (Å²) in [6.07, 6.45) is 1.31. The Kier molecular flexibility index (Phi) is 3.57. The molecule has 2 rings (SSSR count). The van der Waals surface area contributed by atoms with Gasteiger partial charge < -0.3 is 9.42 Å². The van der Waals surface area contributed by atoms with Crippen molar-refractivity contribution in [3.8, 4) is 0 Å². The lowest BCUT2D eigenvalue weighted by atomic mass is 10.1. The van der Waals surface area contributed by atoms with Gasteiger partial charge in [0.05, 0.1) is 6.42 Å². The molecule has 1 saturated heterocycles. The molecule has 1 fully saturated rings. The molecule has 2 heterocycles. The highest BCUT2D eigenvalue weighted by atomic mass is 16.5. The van der Waals surface area contributed by atoms with Gasteiger partial charge in [-0.15, -0.1) is 0 Å². The highest BCUT2D eigenvalue weighted by molar-refractivity contribution is 5.77. The average molecular weight is 237 g/mol. The molecule has 5 heteroatoms. The minimum atomic E-state index is 0.0513. The molecule has 1 aromatic heterocycles. The summed E-state index contributed by atoms with van der Waals surface area (Å²) in [4.78, 5) is 17.7. The maximum absolute atomic E-state index is 10.9. The lowest BCUT2D eigenvalue weighted by molar-refractivity contribution is -0.116. The van der Waals surface area contributed by atoms with E-state index in [0.717, 1.165) is 25.3 Å². The zero-order valence-electron chi connectivity index (χ0n) is 10.6. The van der Waals surface area contributed by atoms with Crippen LogP contribution < -0.4 is 0 Å². The number of aromatic nitrogens is 2. The molecule has 0 saturated carbocycles. The van der Waals surface area contributed by atoms with E-state index in [-0.39, 0.29) is 12.2 Å². The normalized spacial score (nSPS) is 21.3. The van der Waals surface area contributed by atoms with Gasteiger partial charge in [0.15, 0.2) is 5.82 Å². The Morgan fingerprint density at radius 2 is 2.35 bits per heavy atom. The fourth-order valence-electron chi connectivity index (χ4n) is 2.19. The van der Waals surface area contributed by atoms with Crippen LogP contribution in [0, 0.1) is 0 Å². The van der Waals surface area contributed by atoms with Crippen molar-refractivity contribution in [2.75, 3.05) is 13.1 Å². The molecule has 1 aromatic rings. The fraction of sp³-hybridized carbons (Fsp3) is 0.750. The zero-order chi connectivity index (χ0) is 12.4. The highest BCUT2D eigenvalue weighted by Crippen LogP contribution is 2.26. The maximum atomic E-state index is 10.9. The maximum Gasteiger partial charge on any atom is 0.234 e. The van der Waals surface area contributed by atoms with Crippen LogP contribution in [-0.2, 0) is 11.2 Å². The number of nitrogens with zero attached hydrogens (tertiary/aromatic N) is 3. The Bertz CT molecular complexity index is 400. The summed E-state index contributed by atoms with van der Waals surface area (Å²) in [5.74, 6) is 1.59. The van der Waals surface area contributed by atoms with Crippen LogP contribution in [-0.4, -0.2) is 40.0 Å². The third kappa shape index (κ3) is 2.91. The number of carbonyl (C=O) groups excluding carboxylic acids is 1. The van der Waals surface area contributed by atoms with E-state index in [4.69, 9.17) is 4.52 Å². The summed E-state index contributed by atoms with van der Waals surface area (Å²) in [6, 6.07) is 0.559. The zero-order valence-corrected chi connectivity index (χ0v) is 10.6. The summed E-state index contributed by atoms with van der Waals surface area (Å²) < 4.78 is 5.08. The van der Waals surface area contributed by atoms with Crippen LogP contribution in [0.2, 0.25) is 0 Å². The van der Waals surface area contributed by atoms with Crippen LogP contribution >= 0.6 is 0 Å². The number of ketones is 1. The van der Waals surface area contributed by atoms with Gasteiger partial charge in [0.25, 0.3) is 0 Å². The number of rotatable bonds is 4. The molecule has 1 atom stereocenters. The second-order valence-corrected chi connectivity index (χ2v) is 5.00. The number of carbonyl (C=O) groups is 1. The van der Waals surface area contributed by atoms with E-state index in [1.807, 2.05) is 0 Å². The van der Waals surface area contributed by atoms with Crippen molar-refractivity contribution in [2.24, 2.45) is 0 Å². The fourth-order valence-corrected chi connectivity index (χ4v) is 2.19. The third-order valence-electron chi connectivity index (χ3n) is 3.20. The molecule has 0 spiro atoms. The summed E-state index contributed by atoms with van der Waals surface area (Å²) in [5, 5.41) is 3.98. The molecule has 1 unspecified atom stereocenters. The number of hydrogen-bond acceptors (Lipinski definition) is 5. The molecular formula is C12H19N3O2. The van der Waals surface area contributed by atoms with Crippen LogP contribution in [0.25, 0.3) is 0 Å². The Hall–Kier alpha value is -1.23. The summed E-state index contributed by atoms with van der Waals surface area (Å²) in [6.45, 7) is 7.98. The van der Waals surface area contributed by atoms with Gasteiger partial charge >= 0.3 is 0 Å². The van der Waals surface area contributed by atoms with E-state index in [0.29, 0.717) is 17.9 Å². The first-order valence-corrected chi connectivity index (χ1v) is 6.12. The molecule has 17 heavy (non-hydrogen) atoms. The predicted octanol–water partition coefficient (Wildman–Crippen LogP) is 1.40. The molecular weight excluding hydrogens is 218 g/mol. The van der Waals surface area contributed by atoms with Gasteiger partial charge in [-0.25, -0.2) is 0 Å². The van der Waals surface area contributed by atoms with Crippen molar-refractivity contribution in [3.05, 3.63) is 11.7 Å². The van der Waals surface area contributed by atoms with Gasteiger partial charge in [0.2, 0.25) is 5.89 Å². The standard InChI is InChI=1S/C12H19N3O2/c1-8(2)15-5-4-10(7-15)12-13-11(17-14-12)6-9(3)16/h8,10H,4-7H2,1-3H3. The van der Waals surface area contributed by atoms with E-state index in [1.54, 1.807) is 0 Å². The number of Topliss-reactive ketones (excluding diaryl/α,β-unsaturated/α-hetero) is 1. The molecule has 0 amide bonds. The molecule has 1 aliphatic rings. The van der Waals surface area contributed by atoms with Crippen LogP contribution in [0.3, 0.4) is 0 Å². The minimum Gasteiger partial charge on any atom is -0.339 e. The molecule has 0 aromatic carbocycles. The SMILES string of the molecule is CC(=O)Cc1nc(C2CCN(C(C)C)C2)no1. The summed E-state index contributed by atoms with van der Waals surface area (Å²) >= 11 is 0. The molecule has 94 valence electrons. The van der Waals surface area contributed by atoms with Gasteiger partial charge in [-0.2, -0.15) is 4.98 Å². The van der Waals surface area contributed by atoms with Crippen molar-refractivity contribution < 1.29 is 9.32 Å². The van der Waals surface area contributed by atoms with Crippen molar-refractivity contribution in [2.45, 2.75) is 45.6 Å². The van der Waals surface area contributed by atoms with Gasteiger partial charge in [0.1, 0.15) is 5.78 Å². The van der Waals surface area contributed by atoms with Crippen LogP contribution in [0.1, 0.15) is 44.8 Å². The first-order valence-electron chi connectivity index (χ1n) is 6.12. The summed E-state index contributed by atoms with van der Waals surface area (Å²) in [7, 11) is 0. The minimum absolute atomic E-state index is 0.0513. The van der Waals surface area contributed by atoms with E-state index < -0.39 is 0 Å². The molecule has 1 aliphatic heterocycles. The van der Waals surface area contributed by atoms with E-state index in [9.17, 15) is 4.79 Å². The van der Waals surface area contributed by atoms with Gasteiger partial charge in [-0.05, 0) is 33.7 Å². The largest absolute Gasteiger partial charge is 0.339 e. The van der Waals surface area contributed by atoms with Crippen molar-refractivity contribution in [1.29, 1.82) is 0 Å². The topological polar surface area (TPSA) is 59.2 Å². The molecule has 0 bridgehead atoms. The first-order chi connectivity index (χ1) is 8.06. The average Bonchev–Trinajstić information content (AvgIpc) is 2.83. The van der Waals surface area contributed by atoms with Crippen molar-refractivity contribution >= 4 is 5.78 Å². The van der Waals surface area contributed by atoms with E-state index in [1.165, 1.54) is 6.92 Å². The smallest absolute Gasteiger partial charge is 0.234 e. The second kappa shape index (κ2) is 4.96. The van der Waals surface area contributed by atoms with Gasteiger partial charge in [0, 0.05) is 18.5 Å². The lowest BCUT2D eigenvalue weighted by Gasteiger charge is -2.19. The van der Waals surface area contributed by atoms with Crippen LogP contribution in [0.15, 0.2) is 4.52 Å². The molecule has 5 nitrogen and oxygen atoms in total.